The van der Waals surface area contributed by atoms with Crippen LogP contribution in [-0.2, 0) is 10.0 Å². The molecule has 2 heterocycles. The van der Waals surface area contributed by atoms with Crippen LogP contribution < -0.4 is 0 Å². The van der Waals surface area contributed by atoms with Crippen LogP contribution in [0.2, 0.25) is 0 Å². The summed E-state index contributed by atoms with van der Waals surface area (Å²) in [5.74, 6) is -0.172. The molecule has 2 aromatic carbocycles. The van der Waals surface area contributed by atoms with Gasteiger partial charge in [-0.25, -0.2) is 8.42 Å². The maximum absolute atomic E-state index is 13.5. The van der Waals surface area contributed by atoms with Gasteiger partial charge in [0.15, 0.2) is 4.90 Å². The van der Waals surface area contributed by atoms with E-state index < -0.39 is 20.6 Å². The van der Waals surface area contributed by atoms with Crippen LogP contribution in [0.4, 0.5) is 5.69 Å². The first-order valence-corrected chi connectivity index (χ1v) is 12.3. The first-order chi connectivity index (χ1) is 16.1. The van der Waals surface area contributed by atoms with Gasteiger partial charge in [0.2, 0.25) is 10.0 Å². The van der Waals surface area contributed by atoms with Crippen molar-refractivity contribution in [2.24, 2.45) is 0 Å². The Balaban J connectivity index is 1.58. The number of hydrogen-bond acceptors (Lipinski definition) is 5. The maximum Gasteiger partial charge on any atom is 0.289 e. The van der Waals surface area contributed by atoms with Crippen LogP contribution >= 0.6 is 0 Å². The lowest BCUT2D eigenvalue weighted by atomic mass is 10.1. The topological polar surface area (TPSA) is 106 Å². The van der Waals surface area contributed by atoms with E-state index in [1.54, 1.807) is 4.90 Å². The molecule has 0 saturated carbocycles. The van der Waals surface area contributed by atoms with Crippen LogP contribution in [0.25, 0.3) is 5.69 Å². The van der Waals surface area contributed by atoms with Crippen LogP contribution in [0.15, 0.2) is 59.5 Å². The van der Waals surface area contributed by atoms with Gasteiger partial charge in [-0.05, 0) is 51.1 Å². The highest BCUT2D eigenvalue weighted by Crippen LogP contribution is 2.28. The van der Waals surface area contributed by atoms with Crippen LogP contribution in [0, 0.1) is 30.9 Å². The number of para-hydroxylation sites is 1. The lowest BCUT2D eigenvalue weighted by Crippen LogP contribution is -2.50. The summed E-state index contributed by atoms with van der Waals surface area (Å²) in [6, 6.07) is 15.0. The fourth-order valence-electron chi connectivity index (χ4n) is 4.33. The number of piperazine rings is 1. The monoisotopic (exact) mass is 482 g/mol. The van der Waals surface area contributed by atoms with Gasteiger partial charge in [-0.2, -0.15) is 4.31 Å². The van der Waals surface area contributed by atoms with Gasteiger partial charge in [0, 0.05) is 43.6 Å². The highest BCUT2D eigenvalue weighted by Gasteiger charge is 2.35. The van der Waals surface area contributed by atoms with Crippen LogP contribution in [-0.4, -0.2) is 59.2 Å². The van der Waals surface area contributed by atoms with E-state index in [0.29, 0.717) is 5.56 Å². The standard InChI is InChI=1S/C24H26N4O5S/c1-17-8-11-21(27-18(2)9-10-19(27)3)20(16-17)24(29)25-12-14-26(15-13-25)34(32,33)23-7-5-4-6-22(23)28(30)31/h4-11,16H,12-15H2,1-3H3. The molecule has 1 aliphatic heterocycles. The minimum Gasteiger partial charge on any atom is -0.336 e. The zero-order chi connectivity index (χ0) is 24.6. The van der Waals surface area contributed by atoms with Crippen molar-refractivity contribution < 1.29 is 18.1 Å². The molecule has 0 atom stereocenters. The van der Waals surface area contributed by atoms with E-state index in [9.17, 15) is 23.3 Å². The molecule has 1 fully saturated rings. The SMILES string of the molecule is Cc1ccc(-n2c(C)ccc2C)c(C(=O)N2CCN(S(=O)(=O)c3ccccc3[N+](=O)[O-])CC2)c1. The second kappa shape index (κ2) is 9.03. The molecule has 0 spiro atoms. The van der Waals surface area contributed by atoms with E-state index in [-0.39, 0.29) is 37.0 Å². The molecular formula is C24H26N4O5S. The Morgan fingerprint density at radius 1 is 0.912 bits per heavy atom. The van der Waals surface area contributed by atoms with Crippen molar-refractivity contribution in [1.82, 2.24) is 13.8 Å². The second-order valence-corrected chi connectivity index (χ2v) is 10.3. The molecule has 1 aromatic heterocycles. The third-order valence-corrected chi connectivity index (χ3v) is 8.05. The van der Waals surface area contributed by atoms with Crippen molar-refractivity contribution in [3.05, 3.63) is 87.2 Å². The van der Waals surface area contributed by atoms with Crippen LogP contribution in [0.5, 0.6) is 0 Å². The molecule has 9 nitrogen and oxygen atoms in total. The Labute approximate surface area is 198 Å². The smallest absolute Gasteiger partial charge is 0.289 e. The van der Waals surface area contributed by atoms with Crippen molar-refractivity contribution in [3.8, 4) is 5.69 Å². The summed E-state index contributed by atoms with van der Waals surface area (Å²) in [5, 5.41) is 11.3. The van der Waals surface area contributed by atoms with Crippen LogP contribution in [0.3, 0.4) is 0 Å². The van der Waals surface area contributed by atoms with Crippen molar-refractivity contribution in [1.29, 1.82) is 0 Å². The first kappa shape index (κ1) is 23.7. The number of amides is 1. The molecule has 10 heteroatoms. The predicted molar refractivity (Wildman–Crippen MR) is 128 cm³/mol. The lowest BCUT2D eigenvalue weighted by molar-refractivity contribution is -0.387. The number of nitro benzene ring substituents is 1. The molecule has 0 bridgehead atoms. The molecule has 1 aliphatic rings. The van der Waals surface area contributed by atoms with Gasteiger partial charge in [0.25, 0.3) is 11.6 Å². The average Bonchev–Trinajstić information content (AvgIpc) is 3.16. The summed E-state index contributed by atoms with van der Waals surface area (Å²) in [7, 11) is -4.06. The molecule has 1 saturated heterocycles. The Bertz CT molecular complexity index is 1350. The fourth-order valence-corrected chi connectivity index (χ4v) is 5.91. The molecule has 0 aliphatic carbocycles. The van der Waals surface area contributed by atoms with E-state index in [1.807, 2.05) is 55.7 Å². The Hall–Kier alpha value is -3.50. The summed E-state index contributed by atoms with van der Waals surface area (Å²) >= 11 is 0. The number of sulfonamides is 1. The second-order valence-electron chi connectivity index (χ2n) is 8.39. The molecule has 34 heavy (non-hydrogen) atoms. The first-order valence-electron chi connectivity index (χ1n) is 10.9. The predicted octanol–water partition coefficient (Wildman–Crippen LogP) is 3.46. The van der Waals surface area contributed by atoms with E-state index in [4.69, 9.17) is 0 Å². The zero-order valence-corrected chi connectivity index (χ0v) is 20.1. The number of hydrogen-bond donors (Lipinski definition) is 0. The van der Waals surface area contributed by atoms with E-state index in [2.05, 4.69) is 0 Å². The van der Waals surface area contributed by atoms with Gasteiger partial charge in [-0.1, -0.05) is 23.8 Å². The molecule has 178 valence electrons. The highest BCUT2D eigenvalue weighted by molar-refractivity contribution is 7.89. The van der Waals surface area contributed by atoms with Gasteiger partial charge in [-0.15, -0.1) is 0 Å². The molecular weight excluding hydrogens is 456 g/mol. The number of benzene rings is 2. The minimum absolute atomic E-state index is 0.0584. The maximum atomic E-state index is 13.5. The van der Waals surface area contributed by atoms with Crippen molar-refractivity contribution in [2.45, 2.75) is 25.7 Å². The van der Waals surface area contributed by atoms with Gasteiger partial charge in [0.05, 0.1) is 16.2 Å². The van der Waals surface area contributed by atoms with Crippen molar-refractivity contribution >= 4 is 21.6 Å². The summed E-state index contributed by atoms with van der Waals surface area (Å²) in [6.07, 6.45) is 0. The minimum atomic E-state index is -4.06. The summed E-state index contributed by atoms with van der Waals surface area (Å²) in [5.41, 5.74) is 3.85. The number of carbonyl (C=O) groups excluding carboxylic acids is 1. The zero-order valence-electron chi connectivity index (χ0n) is 19.3. The Morgan fingerprint density at radius 2 is 1.53 bits per heavy atom. The normalized spacial score (nSPS) is 14.9. The molecule has 0 unspecified atom stereocenters. The van der Waals surface area contributed by atoms with Crippen molar-refractivity contribution in [3.63, 3.8) is 0 Å². The Kier molecular flexibility index (Phi) is 6.28. The van der Waals surface area contributed by atoms with Crippen LogP contribution in [0.1, 0.15) is 27.3 Å². The van der Waals surface area contributed by atoms with E-state index in [1.165, 1.54) is 28.6 Å². The van der Waals surface area contributed by atoms with Gasteiger partial charge < -0.3 is 9.47 Å². The van der Waals surface area contributed by atoms with E-state index >= 15 is 0 Å². The highest BCUT2D eigenvalue weighted by atomic mass is 32.2. The number of nitrogens with zero attached hydrogens (tertiary/aromatic N) is 4. The quantitative estimate of drug-likeness (QED) is 0.409. The largest absolute Gasteiger partial charge is 0.336 e. The van der Waals surface area contributed by atoms with E-state index in [0.717, 1.165) is 22.6 Å². The Morgan fingerprint density at radius 3 is 2.15 bits per heavy atom. The lowest BCUT2D eigenvalue weighted by Gasteiger charge is -2.34. The third kappa shape index (κ3) is 4.22. The molecule has 0 N–H and O–H groups in total. The number of carbonyl (C=O) groups is 1. The number of nitro groups is 1. The van der Waals surface area contributed by atoms with Crippen molar-refractivity contribution in [2.75, 3.05) is 26.2 Å². The fraction of sp³-hybridized carbons (Fsp3) is 0.292. The third-order valence-electron chi connectivity index (χ3n) is 6.10. The van der Waals surface area contributed by atoms with Gasteiger partial charge in [0.1, 0.15) is 0 Å². The number of aromatic nitrogens is 1. The average molecular weight is 483 g/mol. The molecule has 4 rings (SSSR count). The number of rotatable bonds is 5. The molecule has 0 radical (unpaired) electrons. The summed E-state index contributed by atoms with van der Waals surface area (Å²) < 4.78 is 29.4. The van der Waals surface area contributed by atoms with Gasteiger partial charge >= 0.3 is 0 Å². The molecule has 3 aromatic rings. The summed E-state index contributed by atoms with van der Waals surface area (Å²) in [6.45, 7) is 6.38. The summed E-state index contributed by atoms with van der Waals surface area (Å²) in [4.78, 5) is 25.4. The molecule has 1 amide bonds. The van der Waals surface area contributed by atoms with Gasteiger partial charge in [-0.3, -0.25) is 14.9 Å². The number of aryl methyl sites for hydroxylation is 3.